The van der Waals surface area contributed by atoms with E-state index < -0.39 is 12.0 Å². The molecule has 2 aliphatic rings. The predicted molar refractivity (Wildman–Crippen MR) is 94.4 cm³/mol. The van der Waals surface area contributed by atoms with Gasteiger partial charge in [-0.3, -0.25) is 14.4 Å². The highest BCUT2D eigenvalue weighted by Crippen LogP contribution is 2.34. The lowest BCUT2D eigenvalue weighted by Gasteiger charge is -2.27. The van der Waals surface area contributed by atoms with Crippen molar-refractivity contribution < 1.29 is 29.0 Å². The molecule has 1 unspecified atom stereocenters. The number of piperazine rings is 1. The summed E-state index contributed by atoms with van der Waals surface area (Å²) in [6, 6.07) is 4.35. The Bertz CT molecular complexity index is 717. The van der Waals surface area contributed by atoms with E-state index in [1.165, 1.54) is 0 Å². The highest BCUT2D eigenvalue weighted by Gasteiger charge is 2.23. The van der Waals surface area contributed by atoms with Gasteiger partial charge in [-0.25, -0.2) is 0 Å². The molecule has 2 aliphatic heterocycles. The van der Waals surface area contributed by atoms with Crippen molar-refractivity contribution in [3.05, 3.63) is 23.8 Å². The maximum atomic E-state index is 12.3. The van der Waals surface area contributed by atoms with Crippen LogP contribution >= 0.6 is 0 Å². The van der Waals surface area contributed by atoms with Crippen molar-refractivity contribution in [3.63, 3.8) is 0 Å². The van der Waals surface area contributed by atoms with Crippen molar-refractivity contribution in [1.82, 2.24) is 15.5 Å². The molecule has 1 atom stereocenters. The van der Waals surface area contributed by atoms with Crippen molar-refractivity contribution >= 4 is 17.8 Å². The van der Waals surface area contributed by atoms with Crippen LogP contribution in [0.4, 0.5) is 0 Å². The molecule has 1 aromatic carbocycles. The molecule has 2 heterocycles. The fraction of sp³-hybridized carbons (Fsp3) is 0.500. The van der Waals surface area contributed by atoms with Crippen LogP contribution in [-0.4, -0.2) is 60.8 Å². The summed E-state index contributed by atoms with van der Waals surface area (Å²) < 4.78 is 10.6. The fourth-order valence-corrected chi connectivity index (χ4v) is 3.12. The molecule has 3 N–H and O–H groups in total. The van der Waals surface area contributed by atoms with Gasteiger partial charge in [0.25, 0.3) is 0 Å². The van der Waals surface area contributed by atoms with Gasteiger partial charge < -0.3 is 30.1 Å². The third-order valence-corrected chi connectivity index (χ3v) is 4.55. The van der Waals surface area contributed by atoms with E-state index >= 15 is 0 Å². The van der Waals surface area contributed by atoms with Gasteiger partial charge >= 0.3 is 5.97 Å². The quantitative estimate of drug-likeness (QED) is 0.624. The second kappa shape index (κ2) is 8.72. The van der Waals surface area contributed by atoms with Crippen molar-refractivity contribution in [1.29, 1.82) is 0 Å². The first kappa shape index (κ1) is 19.0. The minimum atomic E-state index is -1.03. The van der Waals surface area contributed by atoms with Gasteiger partial charge in [0.15, 0.2) is 11.5 Å². The largest absolute Gasteiger partial charge is 0.481 e. The number of carbonyl (C=O) groups is 3. The molecule has 0 radical (unpaired) electrons. The Morgan fingerprint density at radius 1 is 1.15 bits per heavy atom. The van der Waals surface area contributed by atoms with Crippen LogP contribution in [0.15, 0.2) is 18.2 Å². The number of benzene rings is 1. The van der Waals surface area contributed by atoms with Gasteiger partial charge in [0.05, 0.1) is 12.5 Å². The number of hydrogen-bond donors (Lipinski definition) is 3. The number of ether oxygens (including phenoxy) is 2. The number of nitrogens with one attached hydrogen (secondary N) is 2. The monoisotopic (exact) mass is 377 g/mol. The molecule has 27 heavy (non-hydrogen) atoms. The highest BCUT2D eigenvalue weighted by molar-refractivity contribution is 5.84. The molecule has 0 saturated carbocycles. The standard InChI is InChI=1S/C18H23N3O6/c22-16(3-4-17(23)21-7-5-19-6-8-21)20-13(10-18(24)25)12-1-2-14-15(9-12)27-11-26-14/h1-2,9,13,19H,3-8,10-11H2,(H,20,22)(H,24,25). The lowest BCUT2D eigenvalue weighted by atomic mass is 10.0. The van der Waals surface area contributed by atoms with Crippen LogP contribution in [0.3, 0.4) is 0 Å². The number of amides is 2. The smallest absolute Gasteiger partial charge is 0.305 e. The number of nitrogens with zero attached hydrogens (tertiary/aromatic N) is 1. The van der Waals surface area contributed by atoms with Crippen LogP contribution in [0.2, 0.25) is 0 Å². The van der Waals surface area contributed by atoms with E-state index in [2.05, 4.69) is 10.6 Å². The van der Waals surface area contributed by atoms with E-state index in [1.807, 2.05) is 0 Å². The summed E-state index contributed by atoms with van der Waals surface area (Å²) >= 11 is 0. The molecule has 0 aliphatic carbocycles. The van der Waals surface area contributed by atoms with Crippen molar-refractivity contribution in [2.75, 3.05) is 33.0 Å². The SMILES string of the molecule is O=C(O)CC(NC(=O)CCC(=O)N1CCNCC1)c1ccc2c(c1)OCO2. The molecule has 1 aromatic rings. The maximum Gasteiger partial charge on any atom is 0.305 e. The van der Waals surface area contributed by atoms with E-state index in [9.17, 15) is 14.4 Å². The molecule has 9 nitrogen and oxygen atoms in total. The summed E-state index contributed by atoms with van der Waals surface area (Å²) in [5, 5.41) is 15.0. The predicted octanol–water partition coefficient (Wildman–Crippen LogP) is 0.259. The number of fused-ring (bicyclic) bond motifs is 1. The average molecular weight is 377 g/mol. The molecule has 3 rings (SSSR count). The van der Waals surface area contributed by atoms with E-state index in [0.717, 1.165) is 13.1 Å². The number of aliphatic carboxylic acids is 1. The average Bonchev–Trinajstić information content (AvgIpc) is 3.13. The second-order valence-corrected chi connectivity index (χ2v) is 6.46. The van der Waals surface area contributed by atoms with Gasteiger partial charge in [-0.05, 0) is 17.7 Å². The summed E-state index contributed by atoms with van der Waals surface area (Å²) in [7, 11) is 0. The van der Waals surface area contributed by atoms with E-state index in [4.69, 9.17) is 14.6 Å². The van der Waals surface area contributed by atoms with E-state index in [1.54, 1.807) is 23.1 Å². The van der Waals surface area contributed by atoms with Crippen molar-refractivity contribution in [2.24, 2.45) is 0 Å². The first-order valence-corrected chi connectivity index (χ1v) is 8.92. The minimum Gasteiger partial charge on any atom is -0.481 e. The summed E-state index contributed by atoms with van der Waals surface area (Å²) in [6.45, 7) is 2.90. The first-order chi connectivity index (χ1) is 13.0. The van der Waals surface area contributed by atoms with Crippen LogP contribution in [-0.2, 0) is 14.4 Å². The molecule has 0 spiro atoms. The van der Waals surface area contributed by atoms with Crippen LogP contribution in [0.25, 0.3) is 0 Å². The van der Waals surface area contributed by atoms with Crippen LogP contribution < -0.4 is 20.1 Å². The Morgan fingerprint density at radius 2 is 1.89 bits per heavy atom. The van der Waals surface area contributed by atoms with Crippen molar-refractivity contribution in [3.8, 4) is 11.5 Å². The van der Waals surface area contributed by atoms with Gasteiger partial charge in [0.2, 0.25) is 18.6 Å². The van der Waals surface area contributed by atoms with Gasteiger partial charge in [-0.15, -0.1) is 0 Å². The Morgan fingerprint density at radius 3 is 2.63 bits per heavy atom. The highest BCUT2D eigenvalue weighted by atomic mass is 16.7. The maximum absolute atomic E-state index is 12.3. The molecule has 9 heteroatoms. The Kier molecular flexibility index (Phi) is 6.12. The van der Waals surface area contributed by atoms with Crippen LogP contribution in [0.5, 0.6) is 11.5 Å². The second-order valence-electron chi connectivity index (χ2n) is 6.46. The zero-order chi connectivity index (χ0) is 19.2. The first-order valence-electron chi connectivity index (χ1n) is 8.92. The van der Waals surface area contributed by atoms with Crippen molar-refractivity contribution in [2.45, 2.75) is 25.3 Å². The molecule has 146 valence electrons. The normalized spacial score (nSPS) is 16.7. The number of carbonyl (C=O) groups excluding carboxylic acids is 2. The number of rotatable bonds is 7. The van der Waals surface area contributed by atoms with Gasteiger partial charge in [-0.1, -0.05) is 6.07 Å². The summed E-state index contributed by atoms with van der Waals surface area (Å²) in [5.41, 5.74) is 0.614. The van der Waals surface area contributed by atoms with Gasteiger partial charge in [0.1, 0.15) is 0 Å². The lowest BCUT2D eigenvalue weighted by Crippen LogP contribution is -2.46. The Hall–Kier alpha value is -2.81. The van der Waals surface area contributed by atoms with Gasteiger partial charge in [-0.2, -0.15) is 0 Å². The molecule has 0 aromatic heterocycles. The molecular weight excluding hydrogens is 354 g/mol. The topological polar surface area (TPSA) is 117 Å². The molecule has 1 saturated heterocycles. The summed E-state index contributed by atoms with van der Waals surface area (Å²) in [5.74, 6) is -0.353. The van der Waals surface area contributed by atoms with Crippen LogP contribution in [0, 0.1) is 0 Å². The van der Waals surface area contributed by atoms with E-state index in [-0.39, 0.29) is 37.9 Å². The van der Waals surface area contributed by atoms with Crippen LogP contribution in [0.1, 0.15) is 30.9 Å². The number of hydrogen-bond acceptors (Lipinski definition) is 6. The third kappa shape index (κ3) is 5.10. The lowest BCUT2D eigenvalue weighted by molar-refractivity contribution is -0.138. The number of carboxylic acids is 1. The molecule has 1 fully saturated rings. The van der Waals surface area contributed by atoms with E-state index in [0.29, 0.717) is 30.2 Å². The Balaban J connectivity index is 1.58. The molecule has 0 bridgehead atoms. The van der Waals surface area contributed by atoms with Gasteiger partial charge in [0, 0.05) is 39.0 Å². The summed E-state index contributed by atoms with van der Waals surface area (Å²) in [6.07, 6.45) is -0.146. The molecular formula is C18H23N3O6. The summed E-state index contributed by atoms with van der Waals surface area (Å²) in [4.78, 5) is 37.4. The minimum absolute atomic E-state index is 0.0173. The zero-order valence-electron chi connectivity index (χ0n) is 14.9. The third-order valence-electron chi connectivity index (χ3n) is 4.55. The fourth-order valence-electron chi connectivity index (χ4n) is 3.12. The zero-order valence-corrected chi connectivity index (χ0v) is 14.9. The number of carboxylic acid groups (broad SMARTS) is 1. The Labute approximate surface area is 156 Å². The molecule has 2 amide bonds.